The molecule has 0 rings (SSSR count). The van der Waals surface area contributed by atoms with Gasteiger partial charge in [-0.05, 0) is 19.9 Å². The highest BCUT2D eigenvalue weighted by Crippen LogP contribution is 1.90. The first-order valence-electron chi connectivity index (χ1n) is 7.73. The number of nitrogens with one attached hydrogen (secondary N) is 1. The molecule has 0 aromatic carbocycles. The van der Waals surface area contributed by atoms with Crippen LogP contribution in [0.25, 0.3) is 0 Å². The lowest BCUT2D eigenvalue weighted by Crippen LogP contribution is -2.41. The molecular weight excluding hydrogens is 374 g/mol. The second-order valence-corrected chi connectivity index (χ2v) is 4.76. The molecule has 0 aliphatic carbocycles. The number of amides is 1. The Labute approximate surface area is 164 Å². The van der Waals surface area contributed by atoms with Crippen LogP contribution in [0.1, 0.15) is 13.8 Å². The lowest BCUT2D eigenvalue weighted by Gasteiger charge is -2.12. The molecule has 0 radical (unpaired) electrons. The van der Waals surface area contributed by atoms with E-state index in [1.54, 1.807) is 13.8 Å². The molecule has 2 N–H and O–H groups in total. The van der Waals surface area contributed by atoms with E-state index in [2.05, 4.69) is 44.0 Å². The van der Waals surface area contributed by atoms with Crippen LogP contribution in [0.15, 0.2) is 37.0 Å². The van der Waals surface area contributed by atoms with Gasteiger partial charge < -0.3 is 29.4 Å². The molecule has 0 saturated heterocycles. The number of methoxy groups -OCH3 is 3. The van der Waals surface area contributed by atoms with Crippen LogP contribution in [-0.4, -0.2) is 69.7 Å². The fourth-order valence-electron chi connectivity index (χ4n) is 0.945. The zero-order valence-electron chi connectivity index (χ0n) is 16.9. The quantitative estimate of drug-likeness (QED) is 0.253. The van der Waals surface area contributed by atoms with Crippen molar-refractivity contribution in [1.29, 1.82) is 0 Å². The second-order valence-electron chi connectivity index (χ2n) is 4.76. The third kappa shape index (κ3) is 17.8. The molecule has 0 fully saturated rings. The number of hydrogen-bond acceptors (Lipinski definition) is 9. The van der Waals surface area contributed by atoms with E-state index in [1.165, 1.54) is 21.3 Å². The SMILES string of the molecule is C=C(C)C(=O)OC.C=C(C)C(=O)OCCO.C=CC(=O)NC(OC)C(=O)OC. The van der Waals surface area contributed by atoms with Crippen molar-refractivity contribution in [2.45, 2.75) is 20.1 Å². The van der Waals surface area contributed by atoms with Gasteiger partial charge in [-0.2, -0.15) is 0 Å². The van der Waals surface area contributed by atoms with Gasteiger partial charge in [-0.3, -0.25) is 4.79 Å². The van der Waals surface area contributed by atoms with Gasteiger partial charge in [0.1, 0.15) is 6.61 Å². The standard InChI is InChI=1S/C7H11NO4.C6H10O3.C5H8O2/c1-4-5(9)8-6(11-2)7(10)12-3;1-5(2)6(8)9-4-3-7;1-4(2)5(6)7-3/h4,6H,1H2,2-3H3,(H,8,9);7H,1,3-4H2,2H3;1H2,2-3H3. The van der Waals surface area contributed by atoms with Gasteiger partial charge in [0, 0.05) is 18.3 Å². The summed E-state index contributed by atoms with van der Waals surface area (Å²) in [5, 5.41) is 10.4. The zero-order chi connectivity index (χ0) is 22.7. The van der Waals surface area contributed by atoms with Crippen LogP contribution in [-0.2, 0) is 38.1 Å². The molecule has 10 nitrogen and oxygen atoms in total. The second kappa shape index (κ2) is 18.8. The van der Waals surface area contributed by atoms with E-state index in [9.17, 15) is 19.2 Å². The van der Waals surface area contributed by atoms with Gasteiger partial charge in [0.05, 0.1) is 20.8 Å². The summed E-state index contributed by atoms with van der Waals surface area (Å²) in [4.78, 5) is 42.1. The summed E-state index contributed by atoms with van der Waals surface area (Å²) in [5.74, 6) is -1.95. The Morgan fingerprint density at radius 3 is 1.75 bits per heavy atom. The molecule has 0 aromatic rings. The van der Waals surface area contributed by atoms with E-state index in [0.29, 0.717) is 11.1 Å². The number of rotatable bonds is 8. The first kappa shape index (κ1) is 29.8. The molecule has 1 amide bonds. The highest BCUT2D eigenvalue weighted by molar-refractivity contribution is 5.90. The molecule has 0 aliphatic rings. The van der Waals surface area contributed by atoms with Gasteiger partial charge in [-0.25, -0.2) is 14.4 Å². The van der Waals surface area contributed by atoms with Crippen molar-refractivity contribution in [2.24, 2.45) is 0 Å². The Kier molecular flexibility index (Phi) is 20.0. The van der Waals surface area contributed by atoms with Crippen LogP contribution in [0.3, 0.4) is 0 Å². The van der Waals surface area contributed by atoms with Crippen LogP contribution < -0.4 is 5.32 Å². The van der Waals surface area contributed by atoms with Crippen molar-refractivity contribution in [3.05, 3.63) is 37.0 Å². The number of carbonyl (C=O) groups excluding carboxylic acids is 4. The third-order valence-corrected chi connectivity index (χ3v) is 2.32. The minimum Gasteiger partial charge on any atom is -0.466 e. The molecule has 0 bridgehead atoms. The van der Waals surface area contributed by atoms with Crippen molar-refractivity contribution in [3.63, 3.8) is 0 Å². The first-order chi connectivity index (χ1) is 13.0. The summed E-state index contributed by atoms with van der Waals surface area (Å²) in [5.41, 5.74) is 0.783. The maximum atomic E-state index is 10.8. The molecule has 1 unspecified atom stereocenters. The number of ether oxygens (including phenoxy) is 4. The average Bonchev–Trinajstić information content (AvgIpc) is 2.69. The number of esters is 3. The Bertz CT molecular complexity index is 555. The largest absolute Gasteiger partial charge is 0.466 e. The van der Waals surface area contributed by atoms with Gasteiger partial charge >= 0.3 is 17.9 Å². The molecular formula is C18H29NO9. The van der Waals surface area contributed by atoms with Crippen LogP contribution >= 0.6 is 0 Å². The minimum absolute atomic E-state index is 0.0473. The molecule has 10 heteroatoms. The van der Waals surface area contributed by atoms with Crippen molar-refractivity contribution < 1.29 is 43.2 Å². The summed E-state index contributed by atoms with van der Waals surface area (Å²) in [6, 6.07) is 0. The topological polar surface area (TPSA) is 137 Å². The van der Waals surface area contributed by atoms with Crippen molar-refractivity contribution in [1.82, 2.24) is 5.32 Å². The Morgan fingerprint density at radius 1 is 1.00 bits per heavy atom. The Hall–Kier alpha value is -2.98. The van der Waals surface area contributed by atoms with E-state index in [1.807, 2.05) is 0 Å². The minimum atomic E-state index is -1.07. The fraction of sp³-hybridized carbons (Fsp3) is 0.444. The highest BCUT2D eigenvalue weighted by Gasteiger charge is 2.18. The third-order valence-electron chi connectivity index (χ3n) is 2.32. The number of carbonyl (C=O) groups is 4. The van der Waals surface area contributed by atoms with Crippen LogP contribution in [0.4, 0.5) is 0 Å². The van der Waals surface area contributed by atoms with Gasteiger partial charge in [0.2, 0.25) is 12.1 Å². The smallest absolute Gasteiger partial charge is 0.356 e. The Balaban J connectivity index is -0.000000349. The van der Waals surface area contributed by atoms with Crippen molar-refractivity contribution >= 4 is 23.8 Å². The summed E-state index contributed by atoms with van der Waals surface area (Å²) in [7, 11) is 3.82. The molecule has 1 atom stereocenters. The van der Waals surface area contributed by atoms with E-state index in [0.717, 1.165) is 6.08 Å². The van der Waals surface area contributed by atoms with E-state index in [4.69, 9.17) is 5.11 Å². The monoisotopic (exact) mass is 403 g/mol. The van der Waals surface area contributed by atoms with Crippen molar-refractivity contribution in [3.8, 4) is 0 Å². The van der Waals surface area contributed by atoms with Crippen LogP contribution in [0.2, 0.25) is 0 Å². The highest BCUT2D eigenvalue weighted by atomic mass is 16.6. The Morgan fingerprint density at radius 2 is 1.50 bits per heavy atom. The number of aliphatic hydroxyl groups excluding tert-OH is 1. The normalized spacial score (nSPS) is 9.64. The lowest BCUT2D eigenvalue weighted by molar-refractivity contribution is -0.156. The van der Waals surface area contributed by atoms with E-state index in [-0.39, 0.29) is 19.2 Å². The molecule has 28 heavy (non-hydrogen) atoms. The molecule has 0 saturated carbocycles. The molecule has 0 aromatic heterocycles. The molecule has 0 spiro atoms. The maximum Gasteiger partial charge on any atom is 0.356 e. The van der Waals surface area contributed by atoms with Crippen LogP contribution in [0, 0.1) is 0 Å². The lowest BCUT2D eigenvalue weighted by atomic mass is 10.4. The van der Waals surface area contributed by atoms with Crippen LogP contribution in [0.5, 0.6) is 0 Å². The zero-order valence-corrected chi connectivity index (χ0v) is 16.9. The molecule has 160 valence electrons. The van der Waals surface area contributed by atoms with Gasteiger partial charge in [0.15, 0.2) is 0 Å². The van der Waals surface area contributed by atoms with Crippen molar-refractivity contribution in [2.75, 3.05) is 34.5 Å². The maximum absolute atomic E-state index is 10.8. The number of aliphatic hydroxyl groups is 1. The molecule has 0 aliphatic heterocycles. The first-order valence-corrected chi connectivity index (χ1v) is 7.73. The van der Waals surface area contributed by atoms with Gasteiger partial charge in [0.25, 0.3) is 0 Å². The predicted octanol–water partition coefficient (Wildman–Crippen LogP) is 0.268. The van der Waals surface area contributed by atoms with Gasteiger partial charge in [-0.1, -0.05) is 19.7 Å². The van der Waals surface area contributed by atoms with E-state index >= 15 is 0 Å². The summed E-state index contributed by atoms with van der Waals surface area (Å²) >= 11 is 0. The summed E-state index contributed by atoms with van der Waals surface area (Å²) < 4.78 is 17.7. The summed E-state index contributed by atoms with van der Waals surface area (Å²) in [6.45, 7) is 13.0. The average molecular weight is 403 g/mol. The van der Waals surface area contributed by atoms with E-state index < -0.39 is 24.1 Å². The predicted molar refractivity (Wildman–Crippen MR) is 101 cm³/mol. The summed E-state index contributed by atoms with van der Waals surface area (Å²) in [6.07, 6.45) is -0.0323. The number of hydrogen-bond donors (Lipinski definition) is 2. The van der Waals surface area contributed by atoms with Gasteiger partial charge in [-0.15, -0.1) is 0 Å². The molecule has 0 heterocycles. The fourth-order valence-corrected chi connectivity index (χ4v) is 0.945.